The van der Waals surface area contributed by atoms with Crippen LogP contribution in [0.4, 0.5) is 21.9 Å². The monoisotopic (exact) mass is 366 g/mol. The van der Waals surface area contributed by atoms with Crippen LogP contribution >= 0.6 is 11.6 Å². The molecule has 130 valence electrons. The molecule has 3 aromatic rings. The van der Waals surface area contributed by atoms with Crippen molar-refractivity contribution in [3.8, 4) is 0 Å². The van der Waals surface area contributed by atoms with Crippen LogP contribution in [0.5, 0.6) is 0 Å². The predicted octanol–water partition coefficient (Wildman–Crippen LogP) is 4.63. The molecule has 0 saturated carbocycles. The van der Waals surface area contributed by atoms with E-state index in [1.807, 2.05) is 18.2 Å². The average molecular weight is 367 g/mol. The zero-order valence-electron chi connectivity index (χ0n) is 13.6. The number of carbonyl (C=O) groups is 2. The fourth-order valence-electron chi connectivity index (χ4n) is 2.24. The maximum absolute atomic E-state index is 12.3. The Balaban J connectivity index is 1.65. The highest BCUT2D eigenvalue weighted by Gasteiger charge is 2.11. The van der Waals surface area contributed by atoms with Gasteiger partial charge in [-0.1, -0.05) is 35.9 Å². The molecule has 3 N–H and O–H groups in total. The van der Waals surface area contributed by atoms with E-state index in [2.05, 4.69) is 20.9 Å². The summed E-state index contributed by atoms with van der Waals surface area (Å²) in [5.41, 5.74) is 2.01. The van der Waals surface area contributed by atoms with Gasteiger partial charge in [0.2, 0.25) is 0 Å². The Bertz CT molecular complexity index is 932. The molecule has 0 bridgehead atoms. The number of nitrogens with zero attached hydrogens (tertiary/aromatic N) is 1. The summed E-state index contributed by atoms with van der Waals surface area (Å²) in [7, 11) is 0. The number of pyridine rings is 1. The second kappa shape index (κ2) is 8.13. The van der Waals surface area contributed by atoms with Crippen molar-refractivity contribution < 1.29 is 9.59 Å². The molecule has 3 amide bonds. The summed E-state index contributed by atoms with van der Waals surface area (Å²) >= 11 is 5.93. The molecule has 0 aliphatic heterocycles. The average Bonchev–Trinajstić information content (AvgIpc) is 2.63. The van der Waals surface area contributed by atoms with Crippen molar-refractivity contribution in [3.05, 3.63) is 83.6 Å². The van der Waals surface area contributed by atoms with Crippen LogP contribution in [0.3, 0.4) is 0 Å². The maximum Gasteiger partial charge on any atom is 0.323 e. The number of halogens is 1. The molecule has 6 nitrogen and oxygen atoms in total. The van der Waals surface area contributed by atoms with Crippen LogP contribution in [0.25, 0.3) is 0 Å². The third kappa shape index (κ3) is 4.58. The molecule has 0 radical (unpaired) electrons. The Morgan fingerprint density at radius 2 is 1.42 bits per heavy atom. The molecule has 7 heteroatoms. The Labute approximate surface area is 155 Å². The lowest BCUT2D eigenvalue weighted by atomic mass is 10.2. The van der Waals surface area contributed by atoms with Gasteiger partial charge < -0.3 is 16.0 Å². The van der Waals surface area contributed by atoms with Gasteiger partial charge in [0.1, 0.15) is 5.15 Å². The van der Waals surface area contributed by atoms with Gasteiger partial charge in [0.05, 0.1) is 5.56 Å². The second-order valence-corrected chi connectivity index (χ2v) is 5.68. The highest BCUT2D eigenvalue weighted by Crippen LogP contribution is 2.18. The molecule has 0 fully saturated rings. The number of carbonyl (C=O) groups excluding carboxylic acids is 2. The molecule has 1 heterocycles. The van der Waals surface area contributed by atoms with Crippen LogP contribution in [0.2, 0.25) is 5.15 Å². The summed E-state index contributed by atoms with van der Waals surface area (Å²) in [5.74, 6) is -0.381. The first-order valence-corrected chi connectivity index (χ1v) is 8.14. The number of nitrogens with one attached hydrogen (secondary N) is 3. The fourth-order valence-corrected chi connectivity index (χ4v) is 2.45. The lowest BCUT2D eigenvalue weighted by Crippen LogP contribution is -2.19. The lowest BCUT2D eigenvalue weighted by molar-refractivity contribution is 0.102. The van der Waals surface area contributed by atoms with Gasteiger partial charge in [0.15, 0.2) is 0 Å². The molecule has 0 aliphatic carbocycles. The van der Waals surface area contributed by atoms with E-state index >= 15 is 0 Å². The number of benzene rings is 2. The fraction of sp³-hybridized carbons (Fsp3) is 0. The molecule has 0 unspecified atom stereocenters. The SMILES string of the molecule is O=C(Nc1ccccc1)Nc1cccc(NC(=O)c2cccnc2Cl)c1. The van der Waals surface area contributed by atoms with Crippen LogP contribution in [0, 0.1) is 0 Å². The highest BCUT2D eigenvalue weighted by molar-refractivity contribution is 6.33. The highest BCUT2D eigenvalue weighted by atomic mass is 35.5. The summed E-state index contributed by atoms with van der Waals surface area (Å²) in [5, 5.41) is 8.29. The normalized spacial score (nSPS) is 10.0. The second-order valence-electron chi connectivity index (χ2n) is 5.32. The summed E-state index contributed by atoms with van der Waals surface area (Å²) in [4.78, 5) is 28.2. The van der Waals surface area contributed by atoms with Crippen LogP contribution < -0.4 is 16.0 Å². The largest absolute Gasteiger partial charge is 0.323 e. The van der Waals surface area contributed by atoms with Crippen molar-refractivity contribution in [1.82, 2.24) is 4.98 Å². The molecule has 0 spiro atoms. The number of aromatic nitrogens is 1. The van der Waals surface area contributed by atoms with Crippen LogP contribution in [-0.4, -0.2) is 16.9 Å². The van der Waals surface area contributed by atoms with Gasteiger partial charge in [0.25, 0.3) is 5.91 Å². The van der Waals surface area contributed by atoms with Crippen LogP contribution in [0.1, 0.15) is 10.4 Å². The van der Waals surface area contributed by atoms with Gasteiger partial charge in [-0.15, -0.1) is 0 Å². The van der Waals surface area contributed by atoms with Gasteiger partial charge >= 0.3 is 6.03 Å². The van der Waals surface area contributed by atoms with Crippen LogP contribution in [-0.2, 0) is 0 Å². The van der Waals surface area contributed by atoms with E-state index in [9.17, 15) is 9.59 Å². The maximum atomic E-state index is 12.3. The quantitative estimate of drug-likeness (QED) is 0.588. The van der Waals surface area contributed by atoms with E-state index in [1.165, 1.54) is 6.20 Å². The third-order valence-electron chi connectivity index (χ3n) is 3.41. The zero-order chi connectivity index (χ0) is 18.4. The third-order valence-corrected chi connectivity index (χ3v) is 3.71. The molecule has 26 heavy (non-hydrogen) atoms. The van der Waals surface area contributed by atoms with Crippen LogP contribution in [0.15, 0.2) is 72.9 Å². The number of hydrogen-bond acceptors (Lipinski definition) is 3. The lowest BCUT2D eigenvalue weighted by Gasteiger charge is -2.10. The molecule has 0 aliphatic rings. The number of para-hydroxylation sites is 1. The van der Waals surface area contributed by atoms with Gasteiger partial charge in [0, 0.05) is 23.3 Å². The van der Waals surface area contributed by atoms with Crippen molar-refractivity contribution in [2.24, 2.45) is 0 Å². The molecule has 0 saturated heterocycles. The van der Waals surface area contributed by atoms with Gasteiger partial charge in [-0.2, -0.15) is 0 Å². The van der Waals surface area contributed by atoms with Crippen molar-refractivity contribution in [2.75, 3.05) is 16.0 Å². The Morgan fingerprint density at radius 1 is 0.769 bits per heavy atom. The first-order valence-electron chi connectivity index (χ1n) is 7.77. The van der Waals surface area contributed by atoms with Gasteiger partial charge in [-0.05, 0) is 42.5 Å². The van der Waals surface area contributed by atoms with Crippen molar-refractivity contribution >= 4 is 40.6 Å². The summed E-state index contributed by atoms with van der Waals surface area (Å²) in [6, 6.07) is 18.7. The van der Waals surface area contributed by atoms with Crippen molar-refractivity contribution in [1.29, 1.82) is 0 Å². The minimum Gasteiger partial charge on any atom is -0.322 e. The summed E-state index contributed by atoms with van der Waals surface area (Å²) in [6.45, 7) is 0. The van der Waals surface area contributed by atoms with Crippen molar-refractivity contribution in [2.45, 2.75) is 0 Å². The first kappa shape index (κ1) is 17.4. The molecule has 2 aromatic carbocycles. The molecule has 1 aromatic heterocycles. The predicted molar refractivity (Wildman–Crippen MR) is 103 cm³/mol. The minimum absolute atomic E-state index is 0.126. The molecule has 0 atom stereocenters. The topological polar surface area (TPSA) is 83.1 Å². The Morgan fingerprint density at radius 3 is 2.15 bits per heavy atom. The summed E-state index contributed by atoms with van der Waals surface area (Å²) < 4.78 is 0. The van der Waals surface area contributed by atoms with E-state index in [0.717, 1.165) is 0 Å². The van der Waals surface area contributed by atoms with Gasteiger partial charge in [-0.25, -0.2) is 9.78 Å². The number of amides is 3. The number of anilines is 3. The number of rotatable bonds is 4. The van der Waals surface area contributed by atoms with Gasteiger partial charge in [-0.3, -0.25) is 4.79 Å². The standard InChI is InChI=1S/C19H15ClN4O2/c20-17-16(10-5-11-21-17)18(25)22-14-8-4-9-15(12-14)24-19(26)23-13-6-2-1-3-7-13/h1-12H,(H,22,25)(H2,23,24,26). The minimum atomic E-state index is -0.381. The zero-order valence-corrected chi connectivity index (χ0v) is 14.3. The molecule has 3 rings (SSSR count). The van der Waals surface area contributed by atoms with E-state index in [4.69, 9.17) is 11.6 Å². The van der Waals surface area contributed by atoms with E-state index < -0.39 is 0 Å². The molecular formula is C19H15ClN4O2. The summed E-state index contributed by atoms with van der Waals surface area (Å²) in [6.07, 6.45) is 1.51. The molecular weight excluding hydrogens is 352 g/mol. The first-order chi connectivity index (χ1) is 12.6. The Kier molecular flexibility index (Phi) is 5.46. The van der Waals surface area contributed by atoms with E-state index in [1.54, 1.807) is 48.5 Å². The Hall–Kier alpha value is -3.38. The number of urea groups is 1. The van der Waals surface area contributed by atoms with E-state index in [-0.39, 0.29) is 22.7 Å². The van der Waals surface area contributed by atoms with E-state index in [0.29, 0.717) is 17.1 Å². The smallest absolute Gasteiger partial charge is 0.322 e. The van der Waals surface area contributed by atoms with Crippen molar-refractivity contribution in [3.63, 3.8) is 0 Å². The number of hydrogen-bond donors (Lipinski definition) is 3.